The number of H-pyrrole nitrogens is 2. The zero-order valence-electron chi connectivity index (χ0n) is 12.3. The highest BCUT2D eigenvalue weighted by Crippen LogP contribution is 2.17. The van der Waals surface area contributed by atoms with E-state index in [2.05, 4.69) is 33.8 Å². The van der Waals surface area contributed by atoms with Crippen LogP contribution in [0, 0.1) is 11.7 Å². The largest absolute Gasteiger partial charge is 0.335 e. The van der Waals surface area contributed by atoms with Gasteiger partial charge in [0.1, 0.15) is 0 Å². The zero-order valence-corrected chi connectivity index (χ0v) is 13.1. The van der Waals surface area contributed by atoms with E-state index in [9.17, 15) is 4.79 Å². The molecule has 3 heterocycles. The van der Waals surface area contributed by atoms with E-state index in [0.717, 1.165) is 37.3 Å². The summed E-state index contributed by atoms with van der Waals surface area (Å²) in [6.07, 6.45) is 2.75. The zero-order chi connectivity index (χ0) is 15.0. The lowest BCUT2D eigenvalue weighted by Gasteiger charge is -2.27. The maximum Gasteiger partial charge on any atom is 0.256 e. The van der Waals surface area contributed by atoms with E-state index >= 15 is 0 Å². The molecule has 2 N–H and O–H groups in total. The van der Waals surface area contributed by atoms with Gasteiger partial charge in [0, 0.05) is 49.6 Å². The van der Waals surface area contributed by atoms with Gasteiger partial charge in [0.15, 0.2) is 4.77 Å². The van der Waals surface area contributed by atoms with Crippen molar-refractivity contribution in [1.82, 2.24) is 24.6 Å². The second-order valence-corrected chi connectivity index (χ2v) is 5.81. The average Bonchev–Trinajstić information content (AvgIpc) is 2.80. The molecule has 0 aliphatic carbocycles. The number of rotatable bonds is 3. The highest BCUT2D eigenvalue weighted by atomic mass is 32.1. The van der Waals surface area contributed by atoms with Crippen molar-refractivity contribution in [3.8, 4) is 0 Å². The SMILES string of the molecule is CCn1ncc(CN2CCc3[nH]c(=S)[nH]c(=O)c3C2)c1C. The molecule has 2 aromatic heterocycles. The third kappa shape index (κ3) is 2.71. The molecule has 112 valence electrons. The molecular formula is C14H19N5OS. The van der Waals surface area contributed by atoms with Crippen LogP contribution in [0.2, 0.25) is 0 Å². The molecule has 0 fully saturated rings. The molecule has 3 rings (SSSR count). The number of hydrogen-bond acceptors (Lipinski definition) is 4. The van der Waals surface area contributed by atoms with E-state index in [4.69, 9.17) is 12.2 Å². The fraction of sp³-hybridized carbons (Fsp3) is 0.500. The monoisotopic (exact) mass is 305 g/mol. The molecule has 0 amide bonds. The van der Waals surface area contributed by atoms with Crippen LogP contribution in [0.25, 0.3) is 0 Å². The summed E-state index contributed by atoms with van der Waals surface area (Å²) >= 11 is 5.02. The minimum atomic E-state index is -0.0700. The van der Waals surface area contributed by atoms with Gasteiger partial charge in [-0.1, -0.05) is 0 Å². The van der Waals surface area contributed by atoms with Gasteiger partial charge in [0.2, 0.25) is 0 Å². The second kappa shape index (κ2) is 5.57. The van der Waals surface area contributed by atoms with Crippen LogP contribution in [0.15, 0.2) is 11.0 Å². The van der Waals surface area contributed by atoms with E-state index in [-0.39, 0.29) is 5.56 Å². The summed E-state index contributed by atoms with van der Waals surface area (Å²) in [5.74, 6) is 0. The van der Waals surface area contributed by atoms with Crippen LogP contribution in [0.5, 0.6) is 0 Å². The van der Waals surface area contributed by atoms with Gasteiger partial charge >= 0.3 is 0 Å². The number of aromatic nitrogens is 4. The van der Waals surface area contributed by atoms with Crippen LogP contribution < -0.4 is 5.56 Å². The number of fused-ring (bicyclic) bond motifs is 1. The summed E-state index contributed by atoms with van der Waals surface area (Å²) in [6.45, 7) is 7.44. The summed E-state index contributed by atoms with van der Waals surface area (Å²) < 4.78 is 2.41. The summed E-state index contributed by atoms with van der Waals surface area (Å²) in [7, 11) is 0. The maximum atomic E-state index is 12.0. The van der Waals surface area contributed by atoms with Crippen molar-refractivity contribution in [2.24, 2.45) is 0 Å². The Labute approximate surface area is 127 Å². The molecule has 0 aromatic carbocycles. The maximum absolute atomic E-state index is 12.0. The Balaban J connectivity index is 1.82. The molecule has 0 bridgehead atoms. The fourth-order valence-electron chi connectivity index (χ4n) is 2.85. The first-order chi connectivity index (χ1) is 10.1. The molecule has 21 heavy (non-hydrogen) atoms. The Hall–Kier alpha value is -1.73. The van der Waals surface area contributed by atoms with Crippen LogP contribution in [0.1, 0.15) is 29.4 Å². The van der Waals surface area contributed by atoms with Crippen molar-refractivity contribution in [3.63, 3.8) is 0 Å². The van der Waals surface area contributed by atoms with Crippen LogP contribution in [0.4, 0.5) is 0 Å². The highest BCUT2D eigenvalue weighted by Gasteiger charge is 2.20. The minimum absolute atomic E-state index is 0.0700. The van der Waals surface area contributed by atoms with Gasteiger partial charge in [-0.25, -0.2) is 0 Å². The molecule has 0 radical (unpaired) electrons. The molecule has 6 nitrogen and oxygen atoms in total. The summed E-state index contributed by atoms with van der Waals surface area (Å²) in [5.41, 5.74) is 4.13. The molecule has 0 spiro atoms. The van der Waals surface area contributed by atoms with E-state index in [0.29, 0.717) is 11.3 Å². The minimum Gasteiger partial charge on any atom is -0.335 e. The lowest BCUT2D eigenvalue weighted by molar-refractivity contribution is 0.241. The van der Waals surface area contributed by atoms with Crippen LogP contribution in [0.3, 0.4) is 0 Å². The molecule has 2 aromatic rings. The van der Waals surface area contributed by atoms with Gasteiger partial charge in [-0.2, -0.15) is 5.10 Å². The van der Waals surface area contributed by atoms with Gasteiger partial charge in [-0.15, -0.1) is 0 Å². The summed E-state index contributed by atoms with van der Waals surface area (Å²) in [4.78, 5) is 20.1. The van der Waals surface area contributed by atoms with Crippen molar-refractivity contribution in [1.29, 1.82) is 0 Å². The first-order valence-electron chi connectivity index (χ1n) is 7.16. The van der Waals surface area contributed by atoms with Crippen molar-refractivity contribution in [3.05, 3.63) is 43.8 Å². The first kappa shape index (κ1) is 14.2. The summed E-state index contributed by atoms with van der Waals surface area (Å²) in [6, 6.07) is 0. The third-order valence-corrected chi connectivity index (χ3v) is 4.29. The quantitative estimate of drug-likeness (QED) is 0.844. The standard InChI is InChI=1S/C14H19N5OS/c1-3-19-9(2)10(6-15-19)7-18-5-4-12-11(8-18)13(20)17-14(21)16-12/h6H,3-5,7-8H2,1-2H3,(H2,16,17,20,21). The lowest BCUT2D eigenvalue weighted by Crippen LogP contribution is -2.35. The molecule has 0 saturated heterocycles. The number of aromatic amines is 2. The summed E-state index contributed by atoms with van der Waals surface area (Å²) in [5, 5.41) is 4.38. The third-order valence-electron chi connectivity index (χ3n) is 4.09. The van der Waals surface area contributed by atoms with Crippen LogP contribution in [-0.4, -0.2) is 31.2 Å². The topological polar surface area (TPSA) is 69.7 Å². The van der Waals surface area contributed by atoms with Crippen LogP contribution in [-0.2, 0) is 26.1 Å². The van der Waals surface area contributed by atoms with Crippen molar-refractivity contribution < 1.29 is 0 Å². The van der Waals surface area contributed by atoms with E-state index < -0.39 is 0 Å². The smallest absolute Gasteiger partial charge is 0.256 e. The van der Waals surface area contributed by atoms with E-state index in [1.807, 2.05) is 10.9 Å². The Morgan fingerprint density at radius 1 is 1.43 bits per heavy atom. The number of nitrogens with zero attached hydrogens (tertiary/aromatic N) is 3. The lowest BCUT2D eigenvalue weighted by atomic mass is 10.1. The average molecular weight is 305 g/mol. The van der Waals surface area contributed by atoms with E-state index in [1.54, 1.807) is 0 Å². The first-order valence-corrected chi connectivity index (χ1v) is 7.57. The number of aryl methyl sites for hydroxylation is 1. The molecule has 0 saturated carbocycles. The molecular weight excluding hydrogens is 286 g/mol. The fourth-order valence-corrected chi connectivity index (χ4v) is 3.06. The Kier molecular flexibility index (Phi) is 3.77. The van der Waals surface area contributed by atoms with Gasteiger partial charge in [-0.3, -0.25) is 19.4 Å². The van der Waals surface area contributed by atoms with Gasteiger partial charge in [0.25, 0.3) is 5.56 Å². The normalized spacial score (nSPS) is 15.1. The molecule has 1 aliphatic rings. The van der Waals surface area contributed by atoms with Gasteiger partial charge < -0.3 is 4.98 Å². The predicted octanol–water partition coefficient (Wildman–Crippen LogP) is 1.52. The van der Waals surface area contributed by atoms with Gasteiger partial charge in [0.05, 0.1) is 11.8 Å². The van der Waals surface area contributed by atoms with E-state index in [1.165, 1.54) is 11.3 Å². The van der Waals surface area contributed by atoms with Crippen molar-refractivity contribution >= 4 is 12.2 Å². The molecule has 7 heteroatoms. The molecule has 0 unspecified atom stereocenters. The van der Waals surface area contributed by atoms with Crippen molar-refractivity contribution in [2.75, 3.05) is 6.54 Å². The highest BCUT2D eigenvalue weighted by molar-refractivity contribution is 7.71. The molecule has 0 atom stereocenters. The Bertz CT molecular complexity index is 772. The van der Waals surface area contributed by atoms with Gasteiger partial charge in [-0.05, 0) is 26.1 Å². The second-order valence-electron chi connectivity index (χ2n) is 5.40. The molecule has 1 aliphatic heterocycles. The number of hydrogen-bond donors (Lipinski definition) is 2. The predicted molar refractivity (Wildman–Crippen MR) is 82.7 cm³/mol. The van der Waals surface area contributed by atoms with Crippen molar-refractivity contribution in [2.45, 2.75) is 39.9 Å². The van der Waals surface area contributed by atoms with Crippen LogP contribution >= 0.6 is 12.2 Å². The number of nitrogens with one attached hydrogen (secondary N) is 2. The Morgan fingerprint density at radius 2 is 2.24 bits per heavy atom. The Morgan fingerprint density at radius 3 is 2.95 bits per heavy atom.